The van der Waals surface area contributed by atoms with Gasteiger partial charge < -0.3 is 9.42 Å². The first-order valence-electron chi connectivity index (χ1n) is 8.23. The molecule has 0 bridgehead atoms. The largest absolute Gasteiger partial charge is 0.338 e. The van der Waals surface area contributed by atoms with Crippen molar-refractivity contribution in [2.75, 3.05) is 38.5 Å². The van der Waals surface area contributed by atoms with Gasteiger partial charge in [-0.1, -0.05) is 5.16 Å². The third-order valence-electron chi connectivity index (χ3n) is 4.62. The maximum absolute atomic E-state index is 11.0. The lowest BCUT2D eigenvalue weighted by molar-refractivity contribution is 0.0885. The summed E-state index contributed by atoms with van der Waals surface area (Å²) in [6, 6.07) is 0.126. The standard InChI is InChI=1S/C14H25N5O3S/c1-11(14-16-13(17-22-14)12-3-4-12)19-8-6-18(7-9-19)5-2-10-23(15,20)21/h11-12H,2-10H2,1H3,(H2,15,20,21)/t11-/m1/s1. The van der Waals surface area contributed by atoms with E-state index >= 15 is 0 Å². The van der Waals surface area contributed by atoms with Crippen LogP contribution in [0.15, 0.2) is 4.52 Å². The summed E-state index contributed by atoms with van der Waals surface area (Å²) in [6.07, 6.45) is 2.93. The van der Waals surface area contributed by atoms with Crippen molar-refractivity contribution >= 4 is 10.0 Å². The number of nitrogens with zero attached hydrogens (tertiary/aromatic N) is 4. The van der Waals surface area contributed by atoms with Crippen molar-refractivity contribution in [3.05, 3.63) is 11.7 Å². The first kappa shape index (κ1) is 16.8. The molecular formula is C14H25N5O3S. The average molecular weight is 343 g/mol. The van der Waals surface area contributed by atoms with Gasteiger partial charge in [-0.2, -0.15) is 4.98 Å². The van der Waals surface area contributed by atoms with Gasteiger partial charge in [-0.3, -0.25) is 4.90 Å². The summed E-state index contributed by atoms with van der Waals surface area (Å²) in [4.78, 5) is 9.14. The van der Waals surface area contributed by atoms with E-state index in [0.717, 1.165) is 38.5 Å². The average Bonchev–Trinajstić information content (AvgIpc) is 3.23. The molecule has 130 valence electrons. The summed E-state index contributed by atoms with van der Waals surface area (Å²) in [7, 11) is -3.35. The molecule has 1 aromatic heterocycles. The number of nitrogens with two attached hydrogens (primary N) is 1. The fourth-order valence-corrected chi connectivity index (χ4v) is 3.48. The second-order valence-corrected chi connectivity index (χ2v) is 8.27. The van der Waals surface area contributed by atoms with E-state index in [1.54, 1.807) is 0 Å². The van der Waals surface area contributed by atoms with Gasteiger partial charge in [-0.15, -0.1) is 0 Å². The monoisotopic (exact) mass is 343 g/mol. The predicted molar refractivity (Wildman–Crippen MR) is 85.3 cm³/mol. The molecule has 1 saturated heterocycles. The Hall–Kier alpha value is -1.03. The molecule has 1 aliphatic carbocycles. The van der Waals surface area contributed by atoms with Gasteiger partial charge in [0.15, 0.2) is 5.82 Å². The lowest BCUT2D eigenvalue weighted by atomic mass is 10.2. The predicted octanol–water partition coefficient (Wildman–Crippen LogP) is 0.304. The SMILES string of the molecule is C[C@H](c1nc(C2CC2)no1)N1CCN(CCCS(N)(=O)=O)CC1. The van der Waals surface area contributed by atoms with E-state index in [1.807, 2.05) is 0 Å². The highest BCUT2D eigenvalue weighted by Gasteiger charge is 2.31. The van der Waals surface area contributed by atoms with Gasteiger partial charge in [0.2, 0.25) is 15.9 Å². The number of rotatable bonds is 7. The van der Waals surface area contributed by atoms with Crippen LogP contribution < -0.4 is 5.14 Å². The second-order valence-electron chi connectivity index (χ2n) is 6.54. The van der Waals surface area contributed by atoms with Crippen LogP contribution in [0, 0.1) is 0 Å². The van der Waals surface area contributed by atoms with Gasteiger partial charge in [-0.25, -0.2) is 13.6 Å². The molecule has 1 atom stereocenters. The molecule has 3 rings (SSSR count). The molecule has 9 heteroatoms. The lowest BCUT2D eigenvalue weighted by Crippen LogP contribution is -2.47. The van der Waals surface area contributed by atoms with E-state index in [0.29, 0.717) is 18.2 Å². The molecule has 1 aromatic rings. The van der Waals surface area contributed by atoms with Gasteiger partial charge in [0.05, 0.1) is 11.8 Å². The third-order valence-corrected chi connectivity index (χ3v) is 5.47. The highest BCUT2D eigenvalue weighted by atomic mass is 32.2. The zero-order chi connectivity index (χ0) is 16.4. The maximum Gasteiger partial charge on any atom is 0.243 e. The first-order valence-corrected chi connectivity index (χ1v) is 9.94. The minimum Gasteiger partial charge on any atom is -0.338 e. The highest BCUT2D eigenvalue weighted by Crippen LogP contribution is 2.38. The van der Waals surface area contributed by atoms with E-state index in [9.17, 15) is 8.42 Å². The molecule has 1 saturated carbocycles. The normalized spacial score (nSPS) is 22.3. The van der Waals surface area contributed by atoms with Crippen LogP contribution in [-0.2, 0) is 10.0 Å². The van der Waals surface area contributed by atoms with Crippen LogP contribution >= 0.6 is 0 Å². The molecule has 0 spiro atoms. The third kappa shape index (κ3) is 4.72. The molecule has 2 fully saturated rings. The van der Waals surface area contributed by atoms with Gasteiger partial charge in [0.1, 0.15) is 0 Å². The lowest BCUT2D eigenvalue weighted by Gasteiger charge is -2.36. The molecule has 2 aliphatic rings. The molecule has 0 amide bonds. The fraction of sp³-hybridized carbons (Fsp3) is 0.857. The van der Waals surface area contributed by atoms with Crippen LogP contribution in [-0.4, -0.2) is 66.8 Å². The molecule has 0 radical (unpaired) electrons. The van der Waals surface area contributed by atoms with E-state index in [-0.39, 0.29) is 11.8 Å². The number of piperazine rings is 1. The van der Waals surface area contributed by atoms with Gasteiger partial charge >= 0.3 is 0 Å². The first-order chi connectivity index (χ1) is 10.9. The molecule has 1 aliphatic heterocycles. The van der Waals surface area contributed by atoms with E-state index in [2.05, 4.69) is 26.9 Å². The Morgan fingerprint density at radius 1 is 1.30 bits per heavy atom. The zero-order valence-electron chi connectivity index (χ0n) is 13.5. The molecule has 2 heterocycles. The molecule has 2 N–H and O–H groups in total. The Labute approximate surface area is 137 Å². The van der Waals surface area contributed by atoms with Crippen molar-refractivity contribution in [3.63, 3.8) is 0 Å². The van der Waals surface area contributed by atoms with Crippen LogP contribution in [0.3, 0.4) is 0 Å². The number of hydrogen-bond acceptors (Lipinski definition) is 7. The maximum atomic E-state index is 11.0. The molecular weight excluding hydrogens is 318 g/mol. The van der Waals surface area contributed by atoms with Crippen molar-refractivity contribution in [1.82, 2.24) is 19.9 Å². The van der Waals surface area contributed by atoms with Crippen LogP contribution in [0.1, 0.15) is 49.9 Å². The van der Waals surface area contributed by atoms with Gasteiger partial charge in [-0.05, 0) is 32.7 Å². The second kappa shape index (κ2) is 6.84. The number of sulfonamides is 1. The van der Waals surface area contributed by atoms with Crippen molar-refractivity contribution in [1.29, 1.82) is 0 Å². The number of hydrogen-bond donors (Lipinski definition) is 1. The summed E-state index contributed by atoms with van der Waals surface area (Å²) in [5, 5.41) is 9.11. The summed E-state index contributed by atoms with van der Waals surface area (Å²) in [5.74, 6) is 2.12. The van der Waals surface area contributed by atoms with Crippen molar-refractivity contribution < 1.29 is 12.9 Å². The van der Waals surface area contributed by atoms with Crippen LogP contribution in [0.4, 0.5) is 0 Å². The highest BCUT2D eigenvalue weighted by molar-refractivity contribution is 7.89. The summed E-state index contributed by atoms with van der Waals surface area (Å²) in [5.41, 5.74) is 0. The Morgan fingerprint density at radius 2 is 2.00 bits per heavy atom. The number of aromatic nitrogens is 2. The minimum atomic E-state index is -3.35. The Bertz CT molecular complexity index is 620. The van der Waals surface area contributed by atoms with Gasteiger partial charge in [0.25, 0.3) is 0 Å². The van der Waals surface area contributed by atoms with Gasteiger partial charge in [0, 0.05) is 32.1 Å². The minimum absolute atomic E-state index is 0.0511. The summed E-state index contributed by atoms with van der Waals surface area (Å²) >= 11 is 0. The van der Waals surface area contributed by atoms with Crippen LogP contribution in [0.5, 0.6) is 0 Å². The van der Waals surface area contributed by atoms with E-state index < -0.39 is 10.0 Å². The van der Waals surface area contributed by atoms with Crippen LogP contribution in [0.2, 0.25) is 0 Å². The molecule has 0 unspecified atom stereocenters. The van der Waals surface area contributed by atoms with Crippen molar-refractivity contribution in [3.8, 4) is 0 Å². The summed E-state index contributed by atoms with van der Waals surface area (Å²) in [6.45, 7) is 6.53. The fourth-order valence-electron chi connectivity index (χ4n) is 2.94. The zero-order valence-corrected chi connectivity index (χ0v) is 14.3. The van der Waals surface area contributed by atoms with Crippen molar-refractivity contribution in [2.45, 2.75) is 38.1 Å². The Kier molecular flexibility index (Phi) is 5.00. The topological polar surface area (TPSA) is 106 Å². The molecule has 23 heavy (non-hydrogen) atoms. The Balaban J connectivity index is 1.44. The Morgan fingerprint density at radius 3 is 2.61 bits per heavy atom. The van der Waals surface area contributed by atoms with E-state index in [4.69, 9.17) is 9.66 Å². The molecule has 8 nitrogen and oxygen atoms in total. The smallest absolute Gasteiger partial charge is 0.243 e. The molecule has 0 aromatic carbocycles. The van der Waals surface area contributed by atoms with Crippen LogP contribution in [0.25, 0.3) is 0 Å². The van der Waals surface area contributed by atoms with Crippen molar-refractivity contribution in [2.24, 2.45) is 5.14 Å². The quantitative estimate of drug-likeness (QED) is 0.759. The van der Waals surface area contributed by atoms with E-state index in [1.165, 1.54) is 12.8 Å². The number of primary sulfonamides is 1. The summed E-state index contributed by atoms with van der Waals surface area (Å²) < 4.78 is 27.3.